The minimum atomic E-state index is 0.00671. The first kappa shape index (κ1) is 14.4. The van der Waals surface area contributed by atoms with Crippen LogP contribution in [0, 0.1) is 6.92 Å². The maximum Gasteiger partial charge on any atom is 0.174 e. The van der Waals surface area contributed by atoms with Gasteiger partial charge >= 0.3 is 0 Å². The molecule has 4 heteroatoms. The molecule has 1 nitrogen and oxygen atoms in total. The second-order valence-electron chi connectivity index (χ2n) is 4.15. The molecule has 0 unspecified atom stereocenters. The van der Waals surface area contributed by atoms with Crippen LogP contribution >= 0.6 is 35.0 Å². The second-order valence-corrected chi connectivity index (χ2v) is 6.04. The number of carbonyl (C=O) groups is 1. The molecular formula is C15H12Cl2OS. The third-order valence-corrected chi connectivity index (χ3v) is 4.18. The van der Waals surface area contributed by atoms with Crippen LogP contribution in [0.4, 0.5) is 0 Å². The lowest BCUT2D eigenvalue weighted by Gasteiger charge is -2.04. The van der Waals surface area contributed by atoms with Crippen molar-refractivity contribution in [1.29, 1.82) is 0 Å². The Balaban J connectivity index is 2.03. The Bertz CT molecular complexity index is 594. The van der Waals surface area contributed by atoms with E-state index in [9.17, 15) is 4.79 Å². The zero-order valence-electron chi connectivity index (χ0n) is 10.3. The summed E-state index contributed by atoms with van der Waals surface area (Å²) in [4.78, 5) is 13.1. The number of thioether (sulfide) groups is 1. The molecule has 0 saturated carbocycles. The number of Topliss-reactive ketones (excluding diaryl/α,β-unsaturated/α-hetero) is 1. The normalized spacial score (nSPS) is 10.5. The van der Waals surface area contributed by atoms with Gasteiger partial charge in [0, 0.05) is 15.5 Å². The number of hydrogen-bond acceptors (Lipinski definition) is 2. The largest absolute Gasteiger partial charge is 0.293 e. The summed E-state index contributed by atoms with van der Waals surface area (Å²) in [7, 11) is 0. The van der Waals surface area contributed by atoms with Gasteiger partial charge in [0.25, 0.3) is 0 Å². The van der Waals surface area contributed by atoms with Crippen LogP contribution in [0.5, 0.6) is 0 Å². The van der Waals surface area contributed by atoms with E-state index in [0.29, 0.717) is 21.4 Å². The van der Waals surface area contributed by atoms with Crippen molar-refractivity contribution in [2.24, 2.45) is 0 Å². The molecule has 0 bridgehead atoms. The molecule has 0 fully saturated rings. The molecule has 98 valence electrons. The highest BCUT2D eigenvalue weighted by Gasteiger charge is 2.11. The van der Waals surface area contributed by atoms with Crippen molar-refractivity contribution >= 4 is 40.7 Å². The van der Waals surface area contributed by atoms with Gasteiger partial charge < -0.3 is 0 Å². The maximum atomic E-state index is 12.1. The van der Waals surface area contributed by atoms with Gasteiger partial charge in [0.2, 0.25) is 0 Å². The fourth-order valence-electron chi connectivity index (χ4n) is 1.58. The van der Waals surface area contributed by atoms with Crippen LogP contribution in [0.1, 0.15) is 15.9 Å². The average Bonchev–Trinajstić information content (AvgIpc) is 2.37. The number of carbonyl (C=O) groups excluding carboxylic acids is 1. The van der Waals surface area contributed by atoms with Crippen LogP contribution in [-0.2, 0) is 0 Å². The predicted molar refractivity (Wildman–Crippen MR) is 82.7 cm³/mol. The van der Waals surface area contributed by atoms with Gasteiger partial charge in [-0.05, 0) is 37.3 Å². The maximum absolute atomic E-state index is 12.1. The number of halogens is 2. The fraction of sp³-hybridized carbons (Fsp3) is 0.133. The standard InChI is InChI=1S/C15H12Cl2OS/c1-10-2-5-12(6-3-10)19-9-15(18)13-7-4-11(16)8-14(13)17/h2-8H,9H2,1H3. The van der Waals surface area contributed by atoms with Crippen molar-refractivity contribution in [3.63, 3.8) is 0 Å². The Morgan fingerprint density at radius 2 is 1.79 bits per heavy atom. The summed E-state index contributed by atoms with van der Waals surface area (Å²) in [6.07, 6.45) is 0. The lowest BCUT2D eigenvalue weighted by Crippen LogP contribution is -2.03. The quantitative estimate of drug-likeness (QED) is 0.564. The number of hydrogen-bond donors (Lipinski definition) is 0. The Hall–Kier alpha value is -0.960. The monoisotopic (exact) mass is 310 g/mol. The van der Waals surface area contributed by atoms with Gasteiger partial charge in [0.05, 0.1) is 10.8 Å². The number of aryl methyl sites for hydroxylation is 1. The highest BCUT2D eigenvalue weighted by molar-refractivity contribution is 8.00. The summed E-state index contributed by atoms with van der Waals surface area (Å²) >= 11 is 13.3. The van der Waals surface area contributed by atoms with Crippen molar-refractivity contribution in [1.82, 2.24) is 0 Å². The van der Waals surface area contributed by atoms with Gasteiger partial charge in [0.15, 0.2) is 5.78 Å². The Morgan fingerprint density at radius 3 is 2.42 bits per heavy atom. The molecule has 0 heterocycles. The van der Waals surface area contributed by atoms with Crippen LogP contribution in [0.3, 0.4) is 0 Å². The first-order valence-corrected chi connectivity index (χ1v) is 7.48. The molecule has 0 atom stereocenters. The molecule has 0 aliphatic rings. The minimum absolute atomic E-state index is 0.00671. The van der Waals surface area contributed by atoms with Gasteiger partial charge in [-0.2, -0.15) is 0 Å². The molecule has 2 rings (SSSR count). The van der Waals surface area contributed by atoms with Gasteiger partial charge in [-0.3, -0.25) is 4.79 Å². The number of benzene rings is 2. The molecule has 19 heavy (non-hydrogen) atoms. The summed E-state index contributed by atoms with van der Waals surface area (Å²) in [6, 6.07) is 13.0. The van der Waals surface area contributed by atoms with Crippen LogP contribution in [-0.4, -0.2) is 11.5 Å². The molecule has 0 amide bonds. The molecule has 2 aromatic rings. The van der Waals surface area contributed by atoms with E-state index in [4.69, 9.17) is 23.2 Å². The van der Waals surface area contributed by atoms with Gasteiger partial charge in [0.1, 0.15) is 0 Å². The average molecular weight is 311 g/mol. The first-order chi connectivity index (χ1) is 9.06. The van der Waals surface area contributed by atoms with Crippen molar-refractivity contribution < 1.29 is 4.79 Å². The lowest BCUT2D eigenvalue weighted by atomic mass is 10.1. The molecule has 0 saturated heterocycles. The van der Waals surface area contributed by atoms with E-state index in [2.05, 4.69) is 0 Å². The summed E-state index contributed by atoms with van der Waals surface area (Å²) in [5.41, 5.74) is 1.72. The van der Waals surface area contributed by atoms with E-state index in [1.54, 1.807) is 18.2 Å². The van der Waals surface area contributed by atoms with Crippen LogP contribution in [0.2, 0.25) is 10.0 Å². The zero-order valence-corrected chi connectivity index (χ0v) is 12.6. The van der Waals surface area contributed by atoms with Crippen molar-refractivity contribution in [3.8, 4) is 0 Å². The Labute approximate surface area is 126 Å². The molecule has 0 radical (unpaired) electrons. The van der Waals surface area contributed by atoms with E-state index < -0.39 is 0 Å². The number of ketones is 1. The zero-order chi connectivity index (χ0) is 13.8. The Morgan fingerprint density at radius 1 is 1.11 bits per heavy atom. The summed E-state index contributed by atoms with van der Waals surface area (Å²) in [6.45, 7) is 2.03. The second kappa shape index (κ2) is 6.47. The van der Waals surface area contributed by atoms with E-state index >= 15 is 0 Å². The van der Waals surface area contributed by atoms with Crippen molar-refractivity contribution in [2.75, 3.05) is 5.75 Å². The van der Waals surface area contributed by atoms with Crippen LogP contribution < -0.4 is 0 Å². The fourth-order valence-corrected chi connectivity index (χ4v) is 2.87. The number of rotatable bonds is 4. The molecule has 2 aromatic carbocycles. The lowest BCUT2D eigenvalue weighted by molar-refractivity contribution is 0.102. The smallest absolute Gasteiger partial charge is 0.174 e. The van der Waals surface area contributed by atoms with E-state index in [1.165, 1.54) is 17.3 Å². The molecule has 0 aliphatic heterocycles. The summed E-state index contributed by atoms with van der Waals surface area (Å²) in [5, 5.41) is 0.940. The predicted octanol–water partition coefficient (Wildman–Crippen LogP) is 5.28. The van der Waals surface area contributed by atoms with Crippen LogP contribution in [0.15, 0.2) is 47.4 Å². The molecule has 0 aliphatic carbocycles. The van der Waals surface area contributed by atoms with E-state index in [-0.39, 0.29) is 5.78 Å². The van der Waals surface area contributed by atoms with E-state index in [1.807, 2.05) is 31.2 Å². The van der Waals surface area contributed by atoms with Gasteiger partial charge in [-0.25, -0.2) is 0 Å². The third-order valence-electron chi connectivity index (χ3n) is 2.62. The summed E-state index contributed by atoms with van der Waals surface area (Å²) < 4.78 is 0. The molecule has 0 aromatic heterocycles. The van der Waals surface area contributed by atoms with Crippen LogP contribution in [0.25, 0.3) is 0 Å². The SMILES string of the molecule is Cc1ccc(SCC(=O)c2ccc(Cl)cc2Cl)cc1. The first-order valence-electron chi connectivity index (χ1n) is 5.74. The molecular weight excluding hydrogens is 299 g/mol. The highest BCUT2D eigenvalue weighted by atomic mass is 35.5. The topological polar surface area (TPSA) is 17.1 Å². The Kier molecular flexibility index (Phi) is 4.92. The van der Waals surface area contributed by atoms with Crippen molar-refractivity contribution in [2.45, 2.75) is 11.8 Å². The third kappa shape index (κ3) is 4.00. The van der Waals surface area contributed by atoms with Gasteiger partial charge in [-0.15, -0.1) is 11.8 Å². The van der Waals surface area contributed by atoms with Gasteiger partial charge in [-0.1, -0.05) is 40.9 Å². The highest BCUT2D eigenvalue weighted by Crippen LogP contribution is 2.24. The molecule has 0 N–H and O–H groups in total. The minimum Gasteiger partial charge on any atom is -0.293 e. The summed E-state index contributed by atoms with van der Waals surface area (Å²) in [5.74, 6) is 0.372. The van der Waals surface area contributed by atoms with Crippen molar-refractivity contribution in [3.05, 3.63) is 63.6 Å². The molecule has 0 spiro atoms. The van der Waals surface area contributed by atoms with E-state index in [0.717, 1.165) is 4.90 Å².